The lowest BCUT2D eigenvalue weighted by molar-refractivity contribution is -0.301. The van der Waals surface area contributed by atoms with Gasteiger partial charge < -0.3 is 45.7 Å². The van der Waals surface area contributed by atoms with Crippen LogP contribution >= 0.6 is 0 Å². The summed E-state index contributed by atoms with van der Waals surface area (Å²) in [6.45, 7) is -0.317. The Morgan fingerprint density at radius 2 is 1.52 bits per heavy atom. The van der Waals surface area contributed by atoms with Crippen LogP contribution in [0.3, 0.4) is 0 Å². The minimum Gasteiger partial charge on any atom is -0.469 e. The fraction of sp³-hybridized carbons (Fsp3) is 0.909. The molecule has 194 valence electrons. The van der Waals surface area contributed by atoms with Gasteiger partial charge in [-0.3, -0.25) is 9.59 Å². The van der Waals surface area contributed by atoms with E-state index in [2.05, 4.69) is 10.1 Å². The molecule has 0 aromatic carbocycles. The third-order valence-electron chi connectivity index (χ3n) is 5.71. The Morgan fingerprint density at radius 3 is 2.09 bits per heavy atom. The van der Waals surface area contributed by atoms with E-state index in [1.165, 1.54) is 7.11 Å². The number of nitrogens with two attached hydrogens (primary N) is 1. The number of esters is 1. The molecule has 11 nitrogen and oxygen atoms in total. The van der Waals surface area contributed by atoms with Gasteiger partial charge in [0.25, 0.3) is 0 Å². The fourth-order valence-corrected chi connectivity index (χ4v) is 3.56. The maximum absolute atomic E-state index is 12.1. The normalized spacial score (nSPS) is 26.1. The Kier molecular flexibility index (Phi) is 15.4. The molecule has 0 aromatic heterocycles. The molecule has 0 bridgehead atoms. The monoisotopic (exact) mass is 478 g/mol. The van der Waals surface area contributed by atoms with E-state index in [1.807, 2.05) is 0 Å². The van der Waals surface area contributed by atoms with Crippen molar-refractivity contribution < 1.29 is 44.2 Å². The molecule has 1 saturated heterocycles. The van der Waals surface area contributed by atoms with E-state index in [1.54, 1.807) is 0 Å². The number of carbonyl (C=O) groups is 2. The molecular formula is C22H42N2O9. The molecule has 1 rings (SSSR count). The van der Waals surface area contributed by atoms with E-state index in [4.69, 9.17) is 20.3 Å². The number of amides is 1. The second kappa shape index (κ2) is 17.1. The van der Waals surface area contributed by atoms with Crippen molar-refractivity contribution in [1.29, 1.82) is 0 Å². The van der Waals surface area contributed by atoms with Gasteiger partial charge in [0.05, 0.1) is 20.3 Å². The van der Waals surface area contributed by atoms with Crippen molar-refractivity contribution in [3.63, 3.8) is 0 Å². The predicted molar refractivity (Wildman–Crippen MR) is 119 cm³/mol. The Labute approximate surface area is 195 Å². The lowest BCUT2D eigenvalue weighted by atomic mass is 9.99. The molecule has 33 heavy (non-hydrogen) atoms. The molecule has 1 aliphatic heterocycles. The van der Waals surface area contributed by atoms with Crippen LogP contribution in [0.15, 0.2) is 0 Å². The van der Waals surface area contributed by atoms with E-state index >= 15 is 0 Å². The Bertz CT molecular complexity index is 550. The summed E-state index contributed by atoms with van der Waals surface area (Å²) < 4.78 is 15.1. The lowest BCUT2D eigenvalue weighted by Gasteiger charge is -2.39. The van der Waals surface area contributed by atoms with Gasteiger partial charge in [-0.25, -0.2) is 0 Å². The number of rotatable bonds is 17. The highest BCUT2D eigenvalue weighted by molar-refractivity contribution is 5.81. The van der Waals surface area contributed by atoms with Crippen LogP contribution in [0, 0.1) is 0 Å². The Balaban J connectivity index is 2.04. The van der Waals surface area contributed by atoms with Crippen molar-refractivity contribution in [3.05, 3.63) is 0 Å². The van der Waals surface area contributed by atoms with E-state index in [0.717, 1.165) is 57.8 Å². The van der Waals surface area contributed by atoms with Gasteiger partial charge in [-0.15, -0.1) is 0 Å². The molecule has 0 aromatic rings. The summed E-state index contributed by atoms with van der Waals surface area (Å²) in [6.07, 6.45) is 2.97. The second-order valence-corrected chi connectivity index (χ2v) is 8.44. The molecule has 6 atom stereocenters. The molecule has 1 fully saturated rings. The summed E-state index contributed by atoms with van der Waals surface area (Å²) in [4.78, 5) is 23.1. The number of nitrogens with one attached hydrogen (secondary N) is 1. The number of carbonyl (C=O) groups excluding carboxylic acids is 2. The zero-order chi connectivity index (χ0) is 24.6. The molecule has 0 spiro atoms. The van der Waals surface area contributed by atoms with Gasteiger partial charge >= 0.3 is 5.97 Å². The summed E-state index contributed by atoms with van der Waals surface area (Å²) in [5.74, 6) is -0.545. The van der Waals surface area contributed by atoms with Crippen LogP contribution in [-0.2, 0) is 23.8 Å². The molecular weight excluding hydrogens is 436 g/mol. The summed E-state index contributed by atoms with van der Waals surface area (Å²) in [6, 6.07) is -0.989. The molecule has 0 aliphatic carbocycles. The van der Waals surface area contributed by atoms with E-state index in [9.17, 15) is 24.9 Å². The summed E-state index contributed by atoms with van der Waals surface area (Å²) in [7, 11) is 1.41. The van der Waals surface area contributed by atoms with Gasteiger partial charge in [0.15, 0.2) is 6.29 Å². The first kappa shape index (κ1) is 29.7. The number of hydrogen-bond donors (Lipinski definition) is 6. The Morgan fingerprint density at radius 1 is 0.939 bits per heavy atom. The SMILES string of the molecule is COC(=O)CCCCCCCCCCCNC(=O)C(N)CO[C@@H]1O[C@H](CO)[C@H](O)[C@H](O)[C@H]1O. The van der Waals surface area contributed by atoms with Crippen molar-refractivity contribution in [1.82, 2.24) is 5.32 Å². The highest BCUT2D eigenvalue weighted by Gasteiger charge is 2.44. The largest absolute Gasteiger partial charge is 0.469 e. The van der Waals surface area contributed by atoms with Crippen LogP contribution in [0.25, 0.3) is 0 Å². The van der Waals surface area contributed by atoms with Crippen LogP contribution in [0.2, 0.25) is 0 Å². The molecule has 7 N–H and O–H groups in total. The maximum atomic E-state index is 12.1. The first-order valence-corrected chi connectivity index (χ1v) is 11.8. The first-order valence-electron chi connectivity index (χ1n) is 11.8. The number of methoxy groups -OCH3 is 1. The molecule has 0 radical (unpaired) electrons. The zero-order valence-corrected chi connectivity index (χ0v) is 19.6. The van der Waals surface area contributed by atoms with Gasteiger partial charge in [0.1, 0.15) is 30.5 Å². The van der Waals surface area contributed by atoms with Crippen LogP contribution < -0.4 is 11.1 Å². The number of hydrogen-bond acceptors (Lipinski definition) is 10. The number of aliphatic hydroxyl groups excluding tert-OH is 4. The van der Waals surface area contributed by atoms with Crippen molar-refractivity contribution in [2.24, 2.45) is 5.73 Å². The third kappa shape index (κ3) is 11.6. The van der Waals surface area contributed by atoms with Crippen molar-refractivity contribution in [2.75, 3.05) is 26.9 Å². The van der Waals surface area contributed by atoms with E-state index in [-0.39, 0.29) is 12.6 Å². The van der Waals surface area contributed by atoms with E-state index in [0.29, 0.717) is 13.0 Å². The minimum atomic E-state index is -1.54. The minimum absolute atomic E-state index is 0.149. The molecule has 1 heterocycles. The maximum Gasteiger partial charge on any atom is 0.305 e. The molecule has 11 heteroatoms. The molecule has 1 aliphatic rings. The van der Waals surface area contributed by atoms with Gasteiger partial charge in [0.2, 0.25) is 5.91 Å². The average molecular weight is 479 g/mol. The van der Waals surface area contributed by atoms with Gasteiger partial charge in [-0.1, -0.05) is 44.9 Å². The van der Waals surface area contributed by atoms with Gasteiger partial charge in [-0.2, -0.15) is 0 Å². The topological polar surface area (TPSA) is 181 Å². The van der Waals surface area contributed by atoms with Crippen LogP contribution in [-0.4, -0.2) is 95.9 Å². The van der Waals surface area contributed by atoms with Gasteiger partial charge in [-0.05, 0) is 12.8 Å². The van der Waals surface area contributed by atoms with Crippen LogP contribution in [0.5, 0.6) is 0 Å². The number of unbranched alkanes of at least 4 members (excludes halogenated alkanes) is 8. The van der Waals surface area contributed by atoms with Gasteiger partial charge in [0, 0.05) is 13.0 Å². The summed E-state index contributed by atoms with van der Waals surface area (Å²) >= 11 is 0. The smallest absolute Gasteiger partial charge is 0.305 e. The number of ether oxygens (including phenoxy) is 3. The fourth-order valence-electron chi connectivity index (χ4n) is 3.56. The molecule has 1 unspecified atom stereocenters. The first-order chi connectivity index (χ1) is 15.8. The average Bonchev–Trinajstić information content (AvgIpc) is 2.82. The Hall–Kier alpha value is -1.34. The van der Waals surface area contributed by atoms with Crippen molar-refractivity contribution >= 4 is 11.9 Å². The zero-order valence-electron chi connectivity index (χ0n) is 19.6. The second-order valence-electron chi connectivity index (χ2n) is 8.44. The van der Waals surface area contributed by atoms with Crippen LogP contribution in [0.1, 0.15) is 64.2 Å². The quantitative estimate of drug-likeness (QED) is 0.116. The van der Waals surface area contributed by atoms with Crippen molar-refractivity contribution in [2.45, 2.75) is 101 Å². The summed E-state index contributed by atoms with van der Waals surface area (Å²) in [5, 5.41) is 41.3. The van der Waals surface area contributed by atoms with Crippen molar-refractivity contribution in [3.8, 4) is 0 Å². The lowest BCUT2D eigenvalue weighted by Crippen LogP contribution is -2.59. The summed E-state index contributed by atoms with van der Waals surface area (Å²) in [5.41, 5.74) is 5.80. The van der Waals surface area contributed by atoms with Crippen LogP contribution in [0.4, 0.5) is 0 Å². The standard InChI is InChI=1S/C22H42N2O9/c1-31-17(26)11-9-7-5-3-2-4-6-8-10-12-24-21(30)15(23)14-32-22-20(29)19(28)18(27)16(13-25)33-22/h15-16,18-20,22,25,27-29H,2-14,23H2,1H3,(H,24,30)/t15?,16-,18+,19+,20-,22-/m1/s1. The molecule has 1 amide bonds. The highest BCUT2D eigenvalue weighted by atomic mass is 16.7. The number of aliphatic hydroxyl groups is 4. The third-order valence-corrected chi connectivity index (χ3v) is 5.71. The molecule has 0 saturated carbocycles. The predicted octanol–water partition coefficient (Wildman–Crippen LogP) is -0.680. The highest BCUT2D eigenvalue weighted by Crippen LogP contribution is 2.22. The van der Waals surface area contributed by atoms with E-state index < -0.39 is 49.3 Å².